The number of ether oxygens (including phenoxy) is 1. The summed E-state index contributed by atoms with van der Waals surface area (Å²) in [5, 5.41) is 9.16. The Kier molecular flexibility index (Phi) is 6.15. The summed E-state index contributed by atoms with van der Waals surface area (Å²) in [6.07, 6.45) is -1.54. The summed E-state index contributed by atoms with van der Waals surface area (Å²) in [5.74, 6) is -6.51. The third-order valence-electron chi connectivity index (χ3n) is 2.87. The summed E-state index contributed by atoms with van der Waals surface area (Å²) in [4.78, 5) is 0. The lowest BCUT2D eigenvalue weighted by Crippen LogP contribution is -2.23. The van der Waals surface area contributed by atoms with E-state index in [0.717, 1.165) is 12.1 Å². The fourth-order valence-corrected chi connectivity index (χ4v) is 3.09. The Labute approximate surface area is 150 Å². The van der Waals surface area contributed by atoms with Gasteiger partial charge in [-0.1, -0.05) is 22.0 Å². The molecule has 0 aromatic heterocycles. The van der Waals surface area contributed by atoms with Crippen molar-refractivity contribution in [1.82, 2.24) is 0 Å². The molecule has 10 heteroatoms. The average molecular weight is 438 g/mol. The van der Waals surface area contributed by atoms with Crippen LogP contribution in [0.4, 0.5) is 22.0 Å². The quantitative estimate of drug-likeness (QED) is 0.502. The molecule has 0 amide bonds. The van der Waals surface area contributed by atoms with E-state index in [4.69, 9.17) is 14.4 Å². The molecule has 3 nitrogen and oxygen atoms in total. The highest BCUT2D eigenvalue weighted by atomic mass is 79.9. The summed E-state index contributed by atoms with van der Waals surface area (Å²) in [7, 11) is -2.99. The standard InChI is InChI=1S/C15H9BrF5NO2Si/c16-11-2-1-3-12(23-10-5-8(17)4-9(18)6-10)14(11)13(7-22)24-25-15(19,20)21/h1-6,13H,25H2. The van der Waals surface area contributed by atoms with Crippen LogP contribution in [-0.2, 0) is 4.43 Å². The average Bonchev–Trinajstić information content (AvgIpc) is 2.48. The Morgan fingerprint density at radius 2 is 1.76 bits per heavy atom. The van der Waals surface area contributed by atoms with Crippen molar-refractivity contribution in [3.63, 3.8) is 0 Å². The molecule has 2 rings (SSSR count). The van der Waals surface area contributed by atoms with Crippen molar-refractivity contribution in [3.05, 3.63) is 58.1 Å². The van der Waals surface area contributed by atoms with Crippen LogP contribution in [0.2, 0.25) is 0 Å². The number of hydrogen-bond acceptors (Lipinski definition) is 3. The number of halogens is 6. The van der Waals surface area contributed by atoms with Gasteiger partial charge in [-0.05, 0) is 12.1 Å². The number of hydrogen-bond donors (Lipinski definition) is 0. The van der Waals surface area contributed by atoms with Gasteiger partial charge in [0.05, 0.1) is 11.6 Å². The highest BCUT2D eigenvalue weighted by Gasteiger charge is 2.32. The first-order valence-electron chi connectivity index (χ1n) is 6.70. The second kappa shape index (κ2) is 7.94. The Bertz CT molecular complexity index is 789. The monoisotopic (exact) mass is 437 g/mol. The van der Waals surface area contributed by atoms with Crippen LogP contribution in [0.15, 0.2) is 40.9 Å². The van der Waals surface area contributed by atoms with E-state index in [2.05, 4.69) is 15.9 Å². The van der Waals surface area contributed by atoms with E-state index < -0.39 is 33.3 Å². The van der Waals surface area contributed by atoms with Crippen LogP contribution >= 0.6 is 15.9 Å². The van der Waals surface area contributed by atoms with Gasteiger partial charge in [-0.15, -0.1) is 0 Å². The van der Waals surface area contributed by atoms with Gasteiger partial charge in [0.2, 0.25) is 0 Å². The molecule has 0 heterocycles. The second-order valence-electron chi connectivity index (χ2n) is 4.79. The van der Waals surface area contributed by atoms with Crippen LogP contribution in [0, 0.1) is 23.0 Å². The van der Waals surface area contributed by atoms with Crippen LogP contribution in [0.5, 0.6) is 11.5 Å². The molecule has 0 radical (unpaired) electrons. The lowest BCUT2D eigenvalue weighted by Gasteiger charge is -2.18. The van der Waals surface area contributed by atoms with Gasteiger partial charge in [0.1, 0.15) is 23.1 Å². The second-order valence-corrected chi connectivity index (χ2v) is 7.07. The maximum absolute atomic E-state index is 13.3. The number of benzene rings is 2. The SMILES string of the molecule is N#CC(O[SiH2]C(F)(F)F)c1c(Br)cccc1Oc1cc(F)cc(F)c1. The molecular formula is C15H9BrF5NO2Si. The maximum atomic E-state index is 13.3. The van der Waals surface area contributed by atoms with Crippen molar-refractivity contribution in [2.24, 2.45) is 0 Å². The van der Waals surface area contributed by atoms with Crippen molar-refractivity contribution in [3.8, 4) is 17.6 Å². The third-order valence-corrected chi connectivity index (χ3v) is 4.39. The molecule has 25 heavy (non-hydrogen) atoms. The van der Waals surface area contributed by atoms with Crippen LogP contribution in [0.3, 0.4) is 0 Å². The molecule has 1 unspecified atom stereocenters. The molecule has 0 bridgehead atoms. The summed E-state index contributed by atoms with van der Waals surface area (Å²) < 4.78 is 74.1. The predicted octanol–water partition coefficient (Wildman–Crippen LogP) is 4.70. The molecule has 0 N–H and O–H groups in total. The Hall–Kier alpha value is -1.96. The van der Waals surface area contributed by atoms with Gasteiger partial charge in [-0.25, -0.2) is 8.78 Å². The van der Waals surface area contributed by atoms with Crippen LogP contribution in [0.25, 0.3) is 0 Å². The summed E-state index contributed by atoms with van der Waals surface area (Å²) in [6.45, 7) is 0. The first kappa shape index (κ1) is 19.4. The summed E-state index contributed by atoms with van der Waals surface area (Å²) in [5.41, 5.74) is 0.00594. The fourth-order valence-electron chi connectivity index (χ4n) is 1.94. The van der Waals surface area contributed by atoms with E-state index >= 15 is 0 Å². The molecular weight excluding hydrogens is 429 g/mol. The fraction of sp³-hybridized carbons (Fsp3) is 0.133. The minimum atomic E-state index is -4.48. The van der Waals surface area contributed by atoms with Gasteiger partial charge < -0.3 is 9.16 Å². The molecule has 0 spiro atoms. The van der Waals surface area contributed by atoms with E-state index in [1.165, 1.54) is 18.2 Å². The zero-order chi connectivity index (χ0) is 18.6. The Morgan fingerprint density at radius 1 is 1.12 bits per heavy atom. The molecule has 0 saturated carbocycles. The van der Waals surface area contributed by atoms with E-state index in [1.807, 2.05) is 0 Å². The topological polar surface area (TPSA) is 42.2 Å². The molecule has 1 atom stereocenters. The minimum absolute atomic E-state index is 0.00594. The van der Waals surface area contributed by atoms with E-state index in [9.17, 15) is 22.0 Å². The molecule has 0 aliphatic heterocycles. The van der Waals surface area contributed by atoms with Crippen molar-refractivity contribution < 1.29 is 31.1 Å². The van der Waals surface area contributed by atoms with Gasteiger partial charge in [-0.2, -0.15) is 18.4 Å². The lowest BCUT2D eigenvalue weighted by atomic mass is 10.1. The normalized spacial score (nSPS) is 13.0. The summed E-state index contributed by atoms with van der Waals surface area (Å²) in [6, 6.07) is 8.42. The van der Waals surface area contributed by atoms with Crippen LogP contribution in [0.1, 0.15) is 11.7 Å². The third kappa shape index (κ3) is 5.52. The van der Waals surface area contributed by atoms with Gasteiger partial charge in [0.15, 0.2) is 6.10 Å². The van der Waals surface area contributed by atoms with Crippen molar-refractivity contribution in [1.29, 1.82) is 5.26 Å². The van der Waals surface area contributed by atoms with Gasteiger partial charge in [-0.3, -0.25) is 0 Å². The first-order valence-corrected chi connectivity index (χ1v) is 8.77. The maximum Gasteiger partial charge on any atom is 0.382 e. The molecule has 2 aromatic carbocycles. The predicted molar refractivity (Wildman–Crippen MR) is 84.6 cm³/mol. The largest absolute Gasteiger partial charge is 0.457 e. The van der Waals surface area contributed by atoms with Gasteiger partial charge >= 0.3 is 5.80 Å². The lowest BCUT2D eigenvalue weighted by molar-refractivity contribution is -0.0616. The van der Waals surface area contributed by atoms with Crippen LogP contribution in [-0.4, -0.2) is 15.6 Å². The zero-order valence-electron chi connectivity index (χ0n) is 12.3. The highest BCUT2D eigenvalue weighted by molar-refractivity contribution is 9.10. The van der Waals surface area contributed by atoms with E-state index in [1.54, 1.807) is 6.07 Å². The molecule has 132 valence electrons. The smallest absolute Gasteiger partial charge is 0.382 e. The van der Waals surface area contributed by atoms with Crippen molar-refractivity contribution in [2.75, 3.05) is 0 Å². The van der Waals surface area contributed by atoms with Crippen LogP contribution < -0.4 is 4.74 Å². The molecule has 0 saturated heterocycles. The van der Waals surface area contributed by atoms with Crippen molar-refractivity contribution in [2.45, 2.75) is 11.9 Å². The number of alkyl halides is 3. The number of nitrogens with zero attached hydrogens (tertiary/aromatic N) is 1. The molecule has 0 fully saturated rings. The molecule has 0 aliphatic rings. The minimum Gasteiger partial charge on any atom is -0.457 e. The van der Waals surface area contributed by atoms with Crippen molar-refractivity contribution >= 4 is 25.7 Å². The Morgan fingerprint density at radius 3 is 2.32 bits per heavy atom. The molecule has 2 aromatic rings. The zero-order valence-corrected chi connectivity index (χ0v) is 15.3. The number of rotatable bonds is 5. The van der Waals surface area contributed by atoms with Gasteiger partial charge in [0.25, 0.3) is 9.76 Å². The molecule has 0 aliphatic carbocycles. The van der Waals surface area contributed by atoms with E-state index in [0.29, 0.717) is 6.07 Å². The highest BCUT2D eigenvalue weighted by Crippen LogP contribution is 2.37. The number of nitriles is 1. The van der Waals surface area contributed by atoms with Gasteiger partial charge in [0, 0.05) is 22.7 Å². The summed E-state index contributed by atoms with van der Waals surface area (Å²) >= 11 is 3.13. The Balaban J connectivity index is 2.36. The van der Waals surface area contributed by atoms with E-state index in [-0.39, 0.29) is 21.5 Å². The first-order chi connectivity index (χ1) is 11.7.